The van der Waals surface area contributed by atoms with Gasteiger partial charge in [-0.2, -0.15) is 0 Å². The van der Waals surface area contributed by atoms with Crippen molar-refractivity contribution in [3.63, 3.8) is 0 Å². The summed E-state index contributed by atoms with van der Waals surface area (Å²) in [5.41, 5.74) is 1.53. The van der Waals surface area contributed by atoms with Crippen molar-refractivity contribution in [2.45, 2.75) is 26.2 Å². The highest BCUT2D eigenvalue weighted by atomic mass is 35.5. The summed E-state index contributed by atoms with van der Waals surface area (Å²) in [5.74, 6) is -0.798. The number of esters is 1. The average molecular weight is 308 g/mol. The number of hydrogen-bond donors (Lipinski definition) is 1. The molecule has 5 heteroatoms. The van der Waals surface area contributed by atoms with Crippen LogP contribution in [0.1, 0.15) is 24.8 Å². The van der Waals surface area contributed by atoms with Crippen LogP contribution in [-0.2, 0) is 14.3 Å². The van der Waals surface area contributed by atoms with E-state index in [1.807, 2.05) is 19.1 Å². The van der Waals surface area contributed by atoms with Crippen molar-refractivity contribution in [3.05, 3.63) is 40.9 Å². The van der Waals surface area contributed by atoms with Gasteiger partial charge in [0.1, 0.15) is 0 Å². The van der Waals surface area contributed by atoms with Gasteiger partial charge in [-0.15, -0.1) is 0 Å². The summed E-state index contributed by atoms with van der Waals surface area (Å²) in [5, 5.41) is 3.24. The molecule has 0 aromatic heterocycles. The zero-order valence-electron chi connectivity index (χ0n) is 11.9. The van der Waals surface area contributed by atoms with Crippen molar-refractivity contribution in [2.75, 3.05) is 11.9 Å². The lowest BCUT2D eigenvalue weighted by Gasteiger charge is -2.16. The molecule has 0 aliphatic heterocycles. The van der Waals surface area contributed by atoms with Crippen LogP contribution in [0.15, 0.2) is 30.4 Å². The fourth-order valence-corrected chi connectivity index (χ4v) is 2.35. The van der Waals surface area contributed by atoms with Crippen LogP contribution >= 0.6 is 11.6 Å². The Balaban J connectivity index is 1.83. The number of halogens is 1. The van der Waals surface area contributed by atoms with Gasteiger partial charge in [-0.3, -0.25) is 9.59 Å². The molecule has 0 saturated heterocycles. The Bertz CT molecular complexity index is 569. The maximum Gasteiger partial charge on any atom is 0.309 e. The van der Waals surface area contributed by atoms with E-state index in [9.17, 15) is 9.59 Å². The van der Waals surface area contributed by atoms with Crippen LogP contribution in [0.2, 0.25) is 5.02 Å². The average Bonchev–Trinajstić information content (AvgIpc) is 2.49. The number of carbonyl (C=O) groups excluding carboxylic acids is 2. The second-order valence-electron chi connectivity index (χ2n) is 5.10. The minimum absolute atomic E-state index is 0.129. The van der Waals surface area contributed by atoms with Gasteiger partial charge in [0, 0.05) is 10.7 Å². The Morgan fingerprint density at radius 3 is 2.90 bits per heavy atom. The molecule has 0 fully saturated rings. The molecule has 0 heterocycles. The van der Waals surface area contributed by atoms with Crippen LogP contribution in [0.3, 0.4) is 0 Å². The maximum atomic E-state index is 11.8. The van der Waals surface area contributed by atoms with Crippen molar-refractivity contribution in [1.82, 2.24) is 0 Å². The van der Waals surface area contributed by atoms with Gasteiger partial charge in [0.05, 0.1) is 5.92 Å². The lowest BCUT2D eigenvalue weighted by Crippen LogP contribution is -2.25. The fourth-order valence-electron chi connectivity index (χ4n) is 2.18. The third-order valence-corrected chi connectivity index (χ3v) is 3.66. The summed E-state index contributed by atoms with van der Waals surface area (Å²) in [6, 6.07) is 5.24. The Hall–Kier alpha value is -1.81. The predicted molar refractivity (Wildman–Crippen MR) is 82.3 cm³/mol. The molecular weight excluding hydrogens is 290 g/mol. The lowest BCUT2D eigenvalue weighted by atomic mass is 9.95. The number of hydrogen-bond acceptors (Lipinski definition) is 3. The number of aryl methyl sites for hydroxylation is 1. The molecule has 4 nitrogen and oxygen atoms in total. The molecule has 112 valence electrons. The quantitative estimate of drug-likeness (QED) is 0.684. The van der Waals surface area contributed by atoms with Crippen molar-refractivity contribution in [3.8, 4) is 0 Å². The van der Waals surface area contributed by atoms with E-state index in [2.05, 4.69) is 11.4 Å². The number of carbonyl (C=O) groups is 2. The van der Waals surface area contributed by atoms with E-state index >= 15 is 0 Å². The summed E-state index contributed by atoms with van der Waals surface area (Å²) >= 11 is 5.89. The highest BCUT2D eigenvalue weighted by Gasteiger charge is 2.21. The lowest BCUT2D eigenvalue weighted by molar-refractivity contribution is -0.151. The van der Waals surface area contributed by atoms with Crippen molar-refractivity contribution < 1.29 is 14.3 Å². The van der Waals surface area contributed by atoms with Crippen LogP contribution in [-0.4, -0.2) is 18.5 Å². The summed E-state index contributed by atoms with van der Waals surface area (Å²) in [6.07, 6.45) is 6.38. The van der Waals surface area contributed by atoms with Gasteiger partial charge in [-0.25, -0.2) is 0 Å². The summed E-state index contributed by atoms with van der Waals surface area (Å²) < 4.78 is 5.07. The minimum atomic E-state index is -0.361. The predicted octanol–water partition coefficient (Wildman–Crippen LogP) is 3.49. The van der Waals surface area contributed by atoms with Gasteiger partial charge < -0.3 is 10.1 Å². The second-order valence-corrected chi connectivity index (χ2v) is 5.53. The first-order valence-electron chi connectivity index (χ1n) is 6.94. The third-order valence-electron chi connectivity index (χ3n) is 3.42. The van der Waals surface area contributed by atoms with Crippen LogP contribution in [0.5, 0.6) is 0 Å². The van der Waals surface area contributed by atoms with Crippen LogP contribution in [0.25, 0.3) is 0 Å². The molecule has 0 bridgehead atoms. The van der Waals surface area contributed by atoms with Crippen LogP contribution < -0.4 is 5.32 Å². The van der Waals surface area contributed by atoms with E-state index in [4.69, 9.17) is 16.3 Å². The zero-order valence-corrected chi connectivity index (χ0v) is 12.7. The first kappa shape index (κ1) is 15.6. The first-order valence-corrected chi connectivity index (χ1v) is 7.31. The molecule has 1 amide bonds. The number of rotatable bonds is 4. The number of anilines is 1. The Labute approximate surface area is 129 Å². The monoisotopic (exact) mass is 307 g/mol. The Morgan fingerprint density at radius 2 is 2.19 bits per heavy atom. The Morgan fingerprint density at radius 1 is 1.38 bits per heavy atom. The summed E-state index contributed by atoms with van der Waals surface area (Å²) in [7, 11) is 0. The molecule has 0 spiro atoms. The molecule has 0 saturated carbocycles. The molecule has 0 radical (unpaired) electrons. The van der Waals surface area contributed by atoms with Crippen molar-refractivity contribution in [1.29, 1.82) is 0 Å². The molecule has 1 aromatic rings. The second kappa shape index (κ2) is 7.27. The number of amides is 1. The molecule has 1 atom stereocenters. The number of nitrogens with one attached hydrogen (secondary N) is 1. The van der Waals surface area contributed by atoms with Gasteiger partial charge in [-0.1, -0.05) is 29.8 Å². The molecule has 1 aliphatic rings. The molecule has 2 rings (SSSR count). The molecule has 1 aromatic carbocycles. The van der Waals surface area contributed by atoms with Crippen molar-refractivity contribution in [2.24, 2.45) is 5.92 Å². The first-order chi connectivity index (χ1) is 10.1. The topological polar surface area (TPSA) is 55.4 Å². The van der Waals surface area contributed by atoms with E-state index < -0.39 is 0 Å². The highest BCUT2D eigenvalue weighted by molar-refractivity contribution is 6.31. The van der Waals surface area contributed by atoms with E-state index in [1.165, 1.54) is 0 Å². The molecule has 1 N–H and O–H groups in total. The fraction of sp³-hybridized carbons (Fsp3) is 0.375. The molecule has 0 unspecified atom stereocenters. The number of benzene rings is 1. The summed E-state index contributed by atoms with van der Waals surface area (Å²) in [4.78, 5) is 23.6. The molecule has 1 aliphatic carbocycles. The standard InChI is InChI=1S/C16H18ClNO3/c1-11-7-8-13(17)9-14(11)18-15(19)10-21-16(20)12-5-3-2-4-6-12/h2-3,7-9,12H,4-6,10H2,1H3,(H,18,19)/t12-/m1/s1. The van der Waals surface area contributed by atoms with E-state index in [1.54, 1.807) is 12.1 Å². The number of allylic oxidation sites excluding steroid dienone is 2. The van der Waals surface area contributed by atoms with Gasteiger partial charge in [0.25, 0.3) is 5.91 Å². The number of ether oxygens (including phenoxy) is 1. The van der Waals surface area contributed by atoms with Gasteiger partial charge in [-0.05, 0) is 43.9 Å². The SMILES string of the molecule is Cc1ccc(Cl)cc1NC(=O)COC(=O)[C@@H]1CC=CCC1. The smallest absolute Gasteiger partial charge is 0.309 e. The van der Waals surface area contributed by atoms with Gasteiger partial charge in [0.2, 0.25) is 0 Å². The maximum absolute atomic E-state index is 11.8. The minimum Gasteiger partial charge on any atom is -0.455 e. The molecular formula is C16H18ClNO3. The molecule has 21 heavy (non-hydrogen) atoms. The van der Waals surface area contributed by atoms with Gasteiger partial charge >= 0.3 is 5.97 Å². The van der Waals surface area contributed by atoms with E-state index in [0.717, 1.165) is 18.4 Å². The van der Waals surface area contributed by atoms with Crippen molar-refractivity contribution >= 4 is 29.2 Å². The normalized spacial score (nSPS) is 17.3. The largest absolute Gasteiger partial charge is 0.455 e. The van der Waals surface area contributed by atoms with Crippen LogP contribution in [0.4, 0.5) is 5.69 Å². The summed E-state index contributed by atoms with van der Waals surface area (Å²) in [6.45, 7) is 1.59. The highest BCUT2D eigenvalue weighted by Crippen LogP contribution is 2.21. The zero-order chi connectivity index (χ0) is 15.2. The van der Waals surface area contributed by atoms with Crippen LogP contribution in [0, 0.1) is 12.8 Å². The van der Waals surface area contributed by atoms with E-state index in [0.29, 0.717) is 17.1 Å². The third kappa shape index (κ3) is 4.60. The van der Waals surface area contributed by atoms with Gasteiger partial charge in [0.15, 0.2) is 6.61 Å². The van der Waals surface area contributed by atoms with E-state index in [-0.39, 0.29) is 24.4 Å². The Kier molecular flexibility index (Phi) is 5.39.